The minimum absolute atomic E-state index is 0.0649. The molecule has 2 aliphatic heterocycles. The number of carbonyl (C=O) groups is 2. The summed E-state index contributed by atoms with van der Waals surface area (Å²) in [6, 6.07) is 4.51. The smallest absolute Gasteiger partial charge is 0.414 e. The van der Waals surface area contributed by atoms with Crippen LogP contribution in [0.15, 0.2) is 30.9 Å². The molecule has 146 valence electrons. The number of nitrogens with one attached hydrogen (secondary N) is 1. The standard InChI is InChI=1S/C18H21FN2O5S/c1-2-17(22)20-10-14-11-21(18(23)26-14)13-3-4-15(16(19)9-13)12-5-7-27(24,25)8-6-12/h2-4,9,12,14H,1,5-8,10-11H2,(H,20,22)/t14-/m0/s1. The van der Waals surface area contributed by atoms with Crippen molar-refractivity contribution in [2.75, 3.05) is 29.5 Å². The van der Waals surface area contributed by atoms with Crippen molar-refractivity contribution in [2.45, 2.75) is 24.9 Å². The minimum atomic E-state index is -3.01. The molecule has 7 nitrogen and oxygen atoms in total. The maximum absolute atomic E-state index is 14.6. The van der Waals surface area contributed by atoms with Gasteiger partial charge in [-0.15, -0.1) is 0 Å². The Morgan fingerprint density at radius 3 is 2.70 bits per heavy atom. The highest BCUT2D eigenvalue weighted by atomic mass is 32.2. The van der Waals surface area contributed by atoms with E-state index in [4.69, 9.17) is 4.74 Å². The summed E-state index contributed by atoms with van der Waals surface area (Å²) in [7, 11) is -3.01. The van der Waals surface area contributed by atoms with Gasteiger partial charge in [0, 0.05) is 0 Å². The lowest BCUT2D eigenvalue weighted by molar-refractivity contribution is -0.116. The van der Waals surface area contributed by atoms with Crippen molar-refractivity contribution in [2.24, 2.45) is 0 Å². The third-order valence-electron chi connectivity index (χ3n) is 4.85. The summed E-state index contributed by atoms with van der Waals surface area (Å²) < 4.78 is 42.9. The van der Waals surface area contributed by atoms with Crippen LogP contribution < -0.4 is 10.2 Å². The number of amides is 2. The molecule has 0 bridgehead atoms. The first-order chi connectivity index (χ1) is 12.8. The van der Waals surface area contributed by atoms with E-state index in [1.807, 2.05) is 0 Å². The number of cyclic esters (lactones) is 1. The van der Waals surface area contributed by atoms with Crippen molar-refractivity contribution in [3.63, 3.8) is 0 Å². The summed E-state index contributed by atoms with van der Waals surface area (Å²) in [6.07, 6.45) is 0.778. The lowest BCUT2D eigenvalue weighted by atomic mass is 9.93. The van der Waals surface area contributed by atoms with Crippen LogP contribution in [0.4, 0.5) is 14.9 Å². The SMILES string of the molecule is C=CC(=O)NC[C@H]1CN(c2ccc(C3CCS(=O)(=O)CC3)c(F)c2)C(=O)O1. The normalized spacial score (nSPS) is 22.3. The highest BCUT2D eigenvalue weighted by Crippen LogP contribution is 2.33. The second-order valence-corrected chi connectivity index (χ2v) is 9.00. The first-order valence-corrected chi connectivity index (χ1v) is 10.5. The molecule has 9 heteroatoms. The molecule has 0 radical (unpaired) electrons. The molecule has 2 aliphatic rings. The van der Waals surface area contributed by atoms with E-state index in [1.54, 1.807) is 12.1 Å². The molecule has 3 rings (SSSR count). The molecular weight excluding hydrogens is 375 g/mol. The molecule has 1 atom stereocenters. The molecule has 0 saturated carbocycles. The van der Waals surface area contributed by atoms with Crippen molar-refractivity contribution >= 4 is 27.5 Å². The molecule has 2 heterocycles. The number of benzene rings is 1. The van der Waals surface area contributed by atoms with Gasteiger partial charge in [0.05, 0.1) is 30.3 Å². The number of nitrogens with zero attached hydrogens (tertiary/aromatic N) is 1. The average molecular weight is 396 g/mol. The van der Waals surface area contributed by atoms with E-state index in [0.29, 0.717) is 24.1 Å². The Bertz CT molecular complexity index is 857. The van der Waals surface area contributed by atoms with Gasteiger partial charge in [0.25, 0.3) is 0 Å². The van der Waals surface area contributed by atoms with Gasteiger partial charge in [0.15, 0.2) is 0 Å². The van der Waals surface area contributed by atoms with Crippen LogP contribution in [-0.2, 0) is 19.4 Å². The van der Waals surface area contributed by atoms with Crippen LogP contribution in [0.3, 0.4) is 0 Å². The summed E-state index contributed by atoms with van der Waals surface area (Å²) in [6.45, 7) is 3.68. The molecular formula is C18H21FN2O5S. The average Bonchev–Trinajstić information content (AvgIpc) is 3.01. The molecule has 0 aliphatic carbocycles. The zero-order valence-corrected chi connectivity index (χ0v) is 15.5. The van der Waals surface area contributed by atoms with Gasteiger partial charge in [0.1, 0.15) is 21.8 Å². The number of ether oxygens (including phenoxy) is 1. The van der Waals surface area contributed by atoms with Crippen LogP contribution in [0.2, 0.25) is 0 Å². The lowest BCUT2D eigenvalue weighted by Gasteiger charge is -2.23. The maximum Gasteiger partial charge on any atom is 0.414 e. The van der Waals surface area contributed by atoms with E-state index < -0.39 is 27.9 Å². The van der Waals surface area contributed by atoms with Gasteiger partial charge in [-0.3, -0.25) is 9.69 Å². The monoisotopic (exact) mass is 396 g/mol. The molecule has 2 saturated heterocycles. The highest BCUT2D eigenvalue weighted by Gasteiger charge is 2.33. The van der Waals surface area contributed by atoms with Crippen molar-refractivity contribution in [1.82, 2.24) is 5.32 Å². The Morgan fingerprint density at radius 2 is 2.07 bits per heavy atom. The van der Waals surface area contributed by atoms with E-state index in [1.165, 1.54) is 11.0 Å². The van der Waals surface area contributed by atoms with Crippen LogP contribution in [0, 0.1) is 5.82 Å². The molecule has 1 aromatic rings. The summed E-state index contributed by atoms with van der Waals surface area (Å²) >= 11 is 0. The highest BCUT2D eigenvalue weighted by molar-refractivity contribution is 7.91. The molecule has 1 aromatic carbocycles. The number of hydrogen-bond donors (Lipinski definition) is 1. The molecule has 0 unspecified atom stereocenters. The van der Waals surface area contributed by atoms with Crippen molar-refractivity contribution in [3.8, 4) is 0 Å². The van der Waals surface area contributed by atoms with E-state index in [0.717, 1.165) is 6.08 Å². The van der Waals surface area contributed by atoms with Crippen LogP contribution >= 0.6 is 0 Å². The fourth-order valence-electron chi connectivity index (χ4n) is 3.34. The predicted octanol–water partition coefficient (Wildman–Crippen LogP) is 1.75. The van der Waals surface area contributed by atoms with Gasteiger partial charge >= 0.3 is 6.09 Å². The molecule has 2 amide bonds. The molecule has 0 spiro atoms. The summed E-state index contributed by atoms with van der Waals surface area (Å²) in [5.74, 6) is -0.845. The van der Waals surface area contributed by atoms with Crippen LogP contribution in [0.1, 0.15) is 24.3 Å². The Labute approximate surface area is 157 Å². The maximum atomic E-state index is 14.6. The van der Waals surface area contributed by atoms with Crippen LogP contribution in [0.25, 0.3) is 0 Å². The number of carbonyl (C=O) groups excluding carboxylic acids is 2. The number of sulfone groups is 1. The van der Waals surface area contributed by atoms with Gasteiger partial charge in [-0.2, -0.15) is 0 Å². The Morgan fingerprint density at radius 1 is 1.37 bits per heavy atom. The van der Waals surface area contributed by atoms with Gasteiger partial charge in [-0.1, -0.05) is 12.6 Å². The van der Waals surface area contributed by atoms with Gasteiger partial charge < -0.3 is 10.1 Å². The number of rotatable bonds is 5. The summed E-state index contributed by atoms with van der Waals surface area (Å²) in [5.41, 5.74) is 0.832. The van der Waals surface area contributed by atoms with Crippen molar-refractivity contribution in [1.29, 1.82) is 0 Å². The van der Waals surface area contributed by atoms with E-state index >= 15 is 0 Å². The summed E-state index contributed by atoms with van der Waals surface area (Å²) in [5, 5.41) is 2.55. The lowest BCUT2D eigenvalue weighted by Crippen LogP contribution is -2.33. The third-order valence-corrected chi connectivity index (χ3v) is 6.57. The van der Waals surface area contributed by atoms with Crippen LogP contribution in [0.5, 0.6) is 0 Å². The Kier molecular flexibility index (Phi) is 5.50. The number of anilines is 1. The van der Waals surface area contributed by atoms with E-state index in [9.17, 15) is 22.4 Å². The largest absolute Gasteiger partial charge is 0.442 e. The molecule has 27 heavy (non-hydrogen) atoms. The quantitative estimate of drug-likeness (QED) is 0.766. The van der Waals surface area contributed by atoms with Crippen molar-refractivity contribution in [3.05, 3.63) is 42.2 Å². The van der Waals surface area contributed by atoms with Gasteiger partial charge in [-0.25, -0.2) is 17.6 Å². The Hall–Kier alpha value is -2.42. The fourth-order valence-corrected chi connectivity index (χ4v) is 4.83. The van der Waals surface area contributed by atoms with E-state index in [-0.39, 0.29) is 36.4 Å². The molecule has 0 aromatic heterocycles. The first kappa shape index (κ1) is 19.3. The molecule has 1 N–H and O–H groups in total. The Balaban J connectivity index is 1.67. The number of halogens is 1. The fraction of sp³-hybridized carbons (Fsp3) is 0.444. The predicted molar refractivity (Wildman–Crippen MR) is 97.9 cm³/mol. The third kappa shape index (κ3) is 4.47. The zero-order chi connectivity index (χ0) is 19.6. The topological polar surface area (TPSA) is 92.8 Å². The van der Waals surface area contributed by atoms with E-state index in [2.05, 4.69) is 11.9 Å². The van der Waals surface area contributed by atoms with Gasteiger partial charge in [-0.05, 0) is 42.5 Å². The van der Waals surface area contributed by atoms with Crippen molar-refractivity contribution < 1.29 is 27.1 Å². The zero-order valence-electron chi connectivity index (χ0n) is 14.7. The second kappa shape index (κ2) is 7.67. The van der Waals surface area contributed by atoms with Crippen LogP contribution in [-0.4, -0.2) is 51.1 Å². The molecule has 2 fully saturated rings. The van der Waals surface area contributed by atoms with Gasteiger partial charge in [0.2, 0.25) is 5.91 Å². The second-order valence-electron chi connectivity index (χ2n) is 6.70. The first-order valence-electron chi connectivity index (χ1n) is 8.67. The minimum Gasteiger partial charge on any atom is -0.442 e. The summed E-state index contributed by atoms with van der Waals surface area (Å²) in [4.78, 5) is 24.6. The number of hydrogen-bond acceptors (Lipinski definition) is 5.